The molecule has 0 aliphatic carbocycles. The summed E-state index contributed by atoms with van der Waals surface area (Å²) in [5, 5.41) is 11.7. The van der Waals surface area contributed by atoms with Crippen LogP contribution in [0.1, 0.15) is 19.8 Å². The van der Waals surface area contributed by atoms with E-state index >= 15 is 0 Å². The van der Waals surface area contributed by atoms with Gasteiger partial charge in [0.25, 0.3) is 10.0 Å². The van der Waals surface area contributed by atoms with Gasteiger partial charge in [-0.1, -0.05) is 11.6 Å². The van der Waals surface area contributed by atoms with Crippen molar-refractivity contribution in [2.24, 2.45) is 0 Å². The second-order valence-electron chi connectivity index (χ2n) is 5.16. The number of aromatic nitrogens is 2. The molecule has 2 aromatic rings. The Bertz CT molecular complexity index is 740. The van der Waals surface area contributed by atoms with Crippen LogP contribution in [-0.2, 0) is 10.0 Å². The van der Waals surface area contributed by atoms with E-state index in [0.717, 1.165) is 0 Å². The molecule has 0 radical (unpaired) electrons. The summed E-state index contributed by atoms with van der Waals surface area (Å²) in [4.78, 5) is 4.61. The van der Waals surface area contributed by atoms with Crippen molar-refractivity contribution < 1.29 is 13.5 Å². The van der Waals surface area contributed by atoms with Crippen molar-refractivity contribution in [3.05, 3.63) is 16.7 Å². The second kappa shape index (κ2) is 4.67. The number of hydrogen-bond donors (Lipinski definition) is 1. The van der Waals surface area contributed by atoms with Crippen molar-refractivity contribution in [2.75, 3.05) is 13.1 Å². The number of aliphatic hydroxyl groups is 1. The third-order valence-corrected chi connectivity index (χ3v) is 6.62. The highest BCUT2D eigenvalue weighted by Crippen LogP contribution is 2.31. The molecule has 110 valence electrons. The average Bonchev–Trinajstić information content (AvgIpc) is 2.87. The fraction of sp³-hybridized carbons (Fsp3) is 0.545. The molecule has 0 bridgehead atoms. The van der Waals surface area contributed by atoms with Crippen molar-refractivity contribution >= 4 is 37.9 Å². The molecule has 0 amide bonds. The third kappa shape index (κ3) is 2.25. The molecule has 0 saturated carbocycles. The molecule has 3 heterocycles. The third-order valence-electron chi connectivity index (χ3n) is 3.56. The molecule has 6 nitrogen and oxygen atoms in total. The van der Waals surface area contributed by atoms with Crippen LogP contribution < -0.4 is 0 Å². The summed E-state index contributed by atoms with van der Waals surface area (Å²) < 4.78 is 28.2. The lowest BCUT2D eigenvalue weighted by atomic mass is 9.95. The zero-order valence-corrected chi connectivity index (χ0v) is 13.2. The predicted molar refractivity (Wildman–Crippen MR) is 76.7 cm³/mol. The van der Waals surface area contributed by atoms with Gasteiger partial charge in [-0.3, -0.25) is 4.40 Å². The Labute approximate surface area is 125 Å². The lowest BCUT2D eigenvalue weighted by molar-refractivity contribution is 0.0125. The highest BCUT2D eigenvalue weighted by molar-refractivity contribution is 7.89. The van der Waals surface area contributed by atoms with Crippen LogP contribution >= 0.6 is 22.9 Å². The summed E-state index contributed by atoms with van der Waals surface area (Å²) in [6.45, 7) is 2.28. The largest absolute Gasteiger partial charge is 0.390 e. The first-order valence-electron chi connectivity index (χ1n) is 6.15. The zero-order valence-electron chi connectivity index (χ0n) is 10.8. The Morgan fingerprint density at radius 1 is 1.45 bits per heavy atom. The zero-order chi connectivity index (χ0) is 14.5. The smallest absolute Gasteiger partial charge is 0.262 e. The maximum atomic E-state index is 12.7. The maximum absolute atomic E-state index is 12.7. The number of piperidine rings is 1. The minimum atomic E-state index is -3.70. The molecule has 0 atom stereocenters. The Hall–Kier alpha value is -0.670. The average molecular weight is 336 g/mol. The van der Waals surface area contributed by atoms with Crippen LogP contribution in [-0.4, -0.2) is 45.9 Å². The lowest BCUT2D eigenvalue weighted by Crippen LogP contribution is -2.45. The van der Waals surface area contributed by atoms with Gasteiger partial charge in [0, 0.05) is 24.7 Å². The number of halogens is 1. The standard InChI is InChI=1S/C11H14ClN3O3S2/c1-11(16)2-4-14(5-3-11)20(17,18)9-8(12)13-10-15(9)6-7-19-10/h6-7,16H,2-5H2,1H3. The van der Waals surface area contributed by atoms with Gasteiger partial charge in [-0.25, -0.2) is 13.4 Å². The van der Waals surface area contributed by atoms with Crippen LogP contribution in [0.3, 0.4) is 0 Å². The molecular weight excluding hydrogens is 322 g/mol. The maximum Gasteiger partial charge on any atom is 0.262 e. The molecular formula is C11H14ClN3O3S2. The van der Waals surface area contributed by atoms with Crippen LogP contribution in [0.25, 0.3) is 4.96 Å². The summed E-state index contributed by atoms with van der Waals surface area (Å²) in [5.74, 6) is 0. The number of sulfonamides is 1. The molecule has 1 saturated heterocycles. The van der Waals surface area contributed by atoms with Gasteiger partial charge in [0.15, 0.2) is 15.1 Å². The number of hydrogen-bond acceptors (Lipinski definition) is 5. The van der Waals surface area contributed by atoms with Crippen molar-refractivity contribution in [1.29, 1.82) is 0 Å². The van der Waals surface area contributed by atoms with Gasteiger partial charge in [0.1, 0.15) is 0 Å². The number of fused-ring (bicyclic) bond motifs is 1. The summed E-state index contributed by atoms with van der Waals surface area (Å²) in [6, 6.07) is 0. The molecule has 2 aromatic heterocycles. The second-order valence-corrected chi connectivity index (χ2v) is 8.25. The first kappa shape index (κ1) is 14.3. The van der Waals surface area contributed by atoms with E-state index in [9.17, 15) is 13.5 Å². The molecule has 9 heteroatoms. The van der Waals surface area contributed by atoms with E-state index in [0.29, 0.717) is 17.8 Å². The fourth-order valence-electron chi connectivity index (χ4n) is 2.30. The van der Waals surface area contributed by atoms with Gasteiger partial charge in [-0.2, -0.15) is 4.31 Å². The first-order valence-corrected chi connectivity index (χ1v) is 8.85. The molecule has 20 heavy (non-hydrogen) atoms. The van der Waals surface area contributed by atoms with E-state index in [1.54, 1.807) is 18.5 Å². The van der Waals surface area contributed by atoms with Gasteiger partial charge in [-0.05, 0) is 19.8 Å². The normalized spacial score (nSPS) is 20.6. The highest BCUT2D eigenvalue weighted by Gasteiger charge is 2.37. The Balaban J connectivity index is 2.00. The number of imidazole rings is 1. The Morgan fingerprint density at radius 2 is 2.10 bits per heavy atom. The summed E-state index contributed by atoms with van der Waals surface area (Å²) in [7, 11) is -3.70. The highest BCUT2D eigenvalue weighted by atomic mass is 35.5. The van der Waals surface area contributed by atoms with E-state index in [1.165, 1.54) is 20.0 Å². The van der Waals surface area contributed by atoms with E-state index in [1.807, 2.05) is 0 Å². The molecule has 1 aliphatic heterocycles. The van der Waals surface area contributed by atoms with Crippen LogP contribution in [0.2, 0.25) is 5.15 Å². The van der Waals surface area contributed by atoms with E-state index in [-0.39, 0.29) is 23.3 Å². The van der Waals surface area contributed by atoms with E-state index in [4.69, 9.17) is 11.6 Å². The van der Waals surface area contributed by atoms with Crippen LogP contribution in [0.4, 0.5) is 0 Å². The molecule has 0 spiro atoms. The van der Waals surface area contributed by atoms with Crippen molar-refractivity contribution in [3.8, 4) is 0 Å². The van der Waals surface area contributed by atoms with Crippen molar-refractivity contribution in [1.82, 2.24) is 13.7 Å². The molecule has 0 aromatic carbocycles. The monoisotopic (exact) mass is 335 g/mol. The first-order chi connectivity index (χ1) is 9.31. The molecule has 3 rings (SSSR count). The molecule has 0 unspecified atom stereocenters. The van der Waals surface area contributed by atoms with Gasteiger partial charge < -0.3 is 5.11 Å². The Morgan fingerprint density at radius 3 is 2.75 bits per heavy atom. The predicted octanol–water partition coefficient (Wildman–Crippen LogP) is 1.58. The SMILES string of the molecule is CC1(O)CCN(S(=O)(=O)c2c(Cl)nc3sccn23)CC1. The van der Waals surface area contributed by atoms with Crippen LogP contribution in [0.5, 0.6) is 0 Å². The van der Waals surface area contributed by atoms with Crippen molar-refractivity contribution in [3.63, 3.8) is 0 Å². The summed E-state index contributed by atoms with van der Waals surface area (Å²) >= 11 is 7.32. The summed E-state index contributed by atoms with van der Waals surface area (Å²) in [5.41, 5.74) is -0.801. The minimum Gasteiger partial charge on any atom is -0.390 e. The van der Waals surface area contributed by atoms with Crippen LogP contribution in [0.15, 0.2) is 16.6 Å². The van der Waals surface area contributed by atoms with Gasteiger partial charge in [0.05, 0.1) is 5.60 Å². The fourth-order valence-corrected chi connectivity index (χ4v) is 5.15. The van der Waals surface area contributed by atoms with Crippen LogP contribution in [0, 0.1) is 0 Å². The number of nitrogens with zero attached hydrogens (tertiary/aromatic N) is 3. The van der Waals surface area contributed by atoms with E-state index < -0.39 is 15.6 Å². The van der Waals surface area contributed by atoms with Gasteiger partial charge in [0.2, 0.25) is 0 Å². The van der Waals surface area contributed by atoms with E-state index in [2.05, 4.69) is 4.98 Å². The lowest BCUT2D eigenvalue weighted by Gasteiger charge is -2.34. The number of thiazole rings is 1. The van der Waals surface area contributed by atoms with Gasteiger partial charge in [-0.15, -0.1) is 11.3 Å². The molecule has 1 N–H and O–H groups in total. The molecule has 1 aliphatic rings. The van der Waals surface area contributed by atoms with Crippen molar-refractivity contribution in [2.45, 2.75) is 30.4 Å². The summed E-state index contributed by atoms with van der Waals surface area (Å²) in [6.07, 6.45) is 2.47. The topological polar surface area (TPSA) is 74.9 Å². The quantitative estimate of drug-likeness (QED) is 0.904. The van der Waals surface area contributed by atoms with Gasteiger partial charge >= 0.3 is 0 Å². The minimum absolute atomic E-state index is 0.00539. The molecule has 1 fully saturated rings. The number of rotatable bonds is 2. The Kier molecular flexibility index (Phi) is 3.33.